The predicted molar refractivity (Wildman–Crippen MR) is 112 cm³/mol. The van der Waals surface area contributed by atoms with Gasteiger partial charge in [-0.1, -0.05) is 37.0 Å². The quantitative estimate of drug-likeness (QED) is 0.650. The maximum atomic E-state index is 12.1. The third-order valence-corrected chi connectivity index (χ3v) is 5.16. The van der Waals surface area contributed by atoms with E-state index in [0.717, 1.165) is 36.8 Å². The van der Waals surface area contributed by atoms with Crippen molar-refractivity contribution in [2.45, 2.75) is 70.9 Å². The minimum Gasteiger partial charge on any atom is -0.453 e. The van der Waals surface area contributed by atoms with Crippen molar-refractivity contribution in [3.05, 3.63) is 35.7 Å². The molecule has 3 rings (SSSR count). The van der Waals surface area contributed by atoms with Gasteiger partial charge in [0.2, 0.25) is 11.8 Å². The van der Waals surface area contributed by atoms with Gasteiger partial charge in [-0.2, -0.15) is 0 Å². The molecule has 1 aromatic carbocycles. The maximum Gasteiger partial charge on any atom is 0.321 e. The van der Waals surface area contributed by atoms with Crippen LogP contribution < -0.4 is 10.6 Å². The van der Waals surface area contributed by atoms with Gasteiger partial charge in [-0.15, -0.1) is 10.2 Å². The van der Waals surface area contributed by atoms with Crippen molar-refractivity contribution in [3.63, 3.8) is 0 Å². The summed E-state index contributed by atoms with van der Waals surface area (Å²) in [4.78, 5) is 36.1. The van der Waals surface area contributed by atoms with E-state index in [1.54, 1.807) is 0 Å². The zero-order valence-electron chi connectivity index (χ0n) is 17.8. The number of nitrogens with zero attached hydrogens (tertiary/aromatic N) is 2. The molecule has 0 aliphatic heterocycles. The average molecular weight is 428 g/mol. The highest BCUT2D eigenvalue weighted by molar-refractivity contribution is 5.97. The van der Waals surface area contributed by atoms with Crippen molar-refractivity contribution in [2.24, 2.45) is 0 Å². The fraction of sp³-hybridized carbons (Fsp3) is 0.500. The number of benzene rings is 1. The Balaban J connectivity index is 1.40. The molecule has 9 heteroatoms. The summed E-state index contributed by atoms with van der Waals surface area (Å²) < 4.78 is 10.7. The number of amides is 3. The van der Waals surface area contributed by atoms with Gasteiger partial charge in [0, 0.05) is 18.0 Å². The lowest BCUT2D eigenvalue weighted by Gasteiger charge is -2.23. The van der Waals surface area contributed by atoms with Crippen LogP contribution in [-0.2, 0) is 20.7 Å². The highest BCUT2D eigenvalue weighted by Crippen LogP contribution is 2.19. The van der Waals surface area contributed by atoms with E-state index in [9.17, 15) is 14.4 Å². The Hall–Kier alpha value is -3.23. The van der Waals surface area contributed by atoms with E-state index in [-0.39, 0.29) is 18.9 Å². The minimum atomic E-state index is -1.09. The number of hydrogen-bond acceptors (Lipinski definition) is 7. The van der Waals surface area contributed by atoms with E-state index in [0.29, 0.717) is 11.8 Å². The molecule has 1 saturated carbocycles. The molecule has 2 N–H and O–H groups in total. The lowest BCUT2D eigenvalue weighted by Crippen LogP contribution is -2.48. The second-order valence-electron chi connectivity index (χ2n) is 7.80. The average Bonchev–Trinajstić information content (AvgIpc) is 3.22. The van der Waals surface area contributed by atoms with Gasteiger partial charge in [-0.25, -0.2) is 4.79 Å². The van der Waals surface area contributed by atoms with Crippen LogP contribution in [-0.4, -0.2) is 40.3 Å². The first kappa shape index (κ1) is 22.5. The molecule has 1 aliphatic carbocycles. The molecule has 1 heterocycles. The zero-order chi connectivity index (χ0) is 22.2. The topological polar surface area (TPSA) is 123 Å². The molecule has 0 radical (unpaired) electrons. The van der Waals surface area contributed by atoms with Crippen molar-refractivity contribution in [3.8, 4) is 11.5 Å². The standard InChI is InChI=1S/C22H28N4O5/c1-14-8-10-16(11-9-14)21-26-25-18(31-21)12-13-19(27)30-15(2)20(28)24-22(29)23-17-6-4-3-5-7-17/h8-11,15,17H,3-7,12-13H2,1-2H3,(H2,23,24,28,29). The van der Waals surface area contributed by atoms with E-state index in [1.165, 1.54) is 13.3 Å². The van der Waals surface area contributed by atoms with E-state index in [1.807, 2.05) is 31.2 Å². The van der Waals surface area contributed by atoms with Gasteiger partial charge >= 0.3 is 12.0 Å². The zero-order valence-corrected chi connectivity index (χ0v) is 17.8. The largest absolute Gasteiger partial charge is 0.453 e. The molecule has 1 atom stereocenters. The van der Waals surface area contributed by atoms with Gasteiger partial charge in [0.05, 0.1) is 6.42 Å². The second kappa shape index (κ2) is 10.7. The third kappa shape index (κ3) is 6.91. The number of carbonyl (C=O) groups excluding carboxylic acids is 3. The molecule has 9 nitrogen and oxygen atoms in total. The van der Waals surface area contributed by atoms with Crippen molar-refractivity contribution in [1.29, 1.82) is 0 Å². The molecule has 166 valence electrons. The van der Waals surface area contributed by atoms with E-state index in [4.69, 9.17) is 9.15 Å². The van der Waals surface area contributed by atoms with Gasteiger partial charge in [-0.3, -0.25) is 14.9 Å². The fourth-order valence-corrected chi connectivity index (χ4v) is 3.37. The van der Waals surface area contributed by atoms with Crippen LogP contribution in [0.4, 0.5) is 4.79 Å². The molecular weight excluding hydrogens is 400 g/mol. The lowest BCUT2D eigenvalue weighted by molar-refractivity contribution is -0.154. The Morgan fingerprint density at radius 1 is 1.13 bits per heavy atom. The Bertz CT molecular complexity index is 903. The van der Waals surface area contributed by atoms with Crippen LogP contribution in [0.5, 0.6) is 0 Å². The Kier molecular flexibility index (Phi) is 7.75. The smallest absolute Gasteiger partial charge is 0.321 e. The third-order valence-electron chi connectivity index (χ3n) is 5.16. The number of urea groups is 1. The normalized spacial score (nSPS) is 15.2. The van der Waals surface area contributed by atoms with Gasteiger partial charge in [0.15, 0.2) is 6.10 Å². The highest BCUT2D eigenvalue weighted by atomic mass is 16.5. The number of rotatable bonds is 7. The summed E-state index contributed by atoms with van der Waals surface area (Å²) in [6.45, 7) is 3.41. The molecule has 0 bridgehead atoms. The molecule has 3 amide bonds. The molecule has 1 fully saturated rings. The van der Waals surface area contributed by atoms with Crippen molar-refractivity contribution in [1.82, 2.24) is 20.8 Å². The van der Waals surface area contributed by atoms with Crippen molar-refractivity contribution in [2.75, 3.05) is 0 Å². The van der Waals surface area contributed by atoms with Crippen molar-refractivity contribution >= 4 is 17.9 Å². The first-order chi connectivity index (χ1) is 14.9. The Labute approximate surface area is 180 Å². The van der Waals surface area contributed by atoms with E-state index in [2.05, 4.69) is 20.8 Å². The van der Waals surface area contributed by atoms with Gasteiger partial charge in [0.1, 0.15) is 0 Å². The van der Waals surface area contributed by atoms with Crippen LogP contribution in [0.1, 0.15) is 56.9 Å². The van der Waals surface area contributed by atoms with Gasteiger partial charge in [0.25, 0.3) is 5.91 Å². The molecular formula is C22H28N4O5. The summed E-state index contributed by atoms with van der Waals surface area (Å²) in [6, 6.07) is 7.17. The summed E-state index contributed by atoms with van der Waals surface area (Å²) in [5.41, 5.74) is 1.92. The first-order valence-electron chi connectivity index (χ1n) is 10.6. The number of aryl methyl sites for hydroxylation is 2. The minimum absolute atomic E-state index is 0.0264. The monoisotopic (exact) mass is 428 g/mol. The number of carbonyl (C=O) groups is 3. The first-order valence-corrected chi connectivity index (χ1v) is 10.6. The number of imide groups is 1. The van der Waals surface area contributed by atoms with Gasteiger partial charge in [-0.05, 0) is 38.8 Å². The van der Waals surface area contributed by atoms with Crippen LogP contribution in [0.25, 0.3) is 11.5 Å². The highest BCUT2D eigenvalue weighted by Gasteiger charge is 2.22. The molecule has 31 heavy (non-hydrogen) atoms. The number of esters is 1. The fourth-order valence-electron chi connectivity index (χ4n) is 3.37. The van der Waals surface area contributed by atoms with Crippen LogP contribution >= 0.6 is 0 Å². The van der Waals surface area contributed by atoms with E-state index < -0.39 is 24.0 Å². The van der Waals surface area contributed by atoms with Gasteiger partial charge < -0.3 is 14.5 Å². The van der Waals surface area contributed by atoms with Crippen LogP contribution in [0.2, 0.25) is 0 Å². The summed E-state index contributed by atoms with van der Waals surface area (Å²) in [5.74, 6) is -0.580. The summed E-state index contributed by atoms with van der Waals surface area (Å²) in [6.07, 6.45) is 4.20. The summed E-state index contributed by atoms with van der Waals surface area (Å²) in [5, 5.41) is 12.9. The Morgan fingerprint density at radius 3 is 2.55 bits per heavy atom. The molecule has 0 saturated heterocycles. The second-order valence-corrected chi connectivity index (χ2v) is 7.80. The molecule has 2 aromatic rings. The van der Waals surface area contributed by atoms with Crippen LogP contribution in [0.15, 0.2) is 28.7 Å². The SMILES string of the molecule is Cc1ccc(-c2nnc(CCC(=O)OC(C)C(=O)NC(=O)NC3CCCCC3)o2)cc1. The Morgan fingerprint density at radius 2 is 1.84 bits per heavy atom. The molecule has 1 unspecified atom stereocenters. The predicted octanol–water partition coefficient (Wildman–Crippen LogP) is 3.07. The summed E-state index contributed by atoms with van der Waals surface area (Å²) in [7, 11) is 0. The summed E-state index contributed by atoms with van der Waals surface area (Å²) >= 11 is 0. The van der Waals surface area contributed by atoms with Crippen LogP contribution in [0.3, 0.4) is 0 Å². The lowest BCUT2D eigenvalue weighted by atomic mass is 9.96. The van der Waals surface area contributed by atoms with E-state index >= 15 is 0 Å². The maximum absolute atomic E-state index is 12.1. The number of nitrogens with one attached hydrogen (secondary N) is 2. The van der Waals surface area contributed by atoms with Crippen LogP contribution in [0, 0.1) is 6.92 Å². The molecule has 0 spiro atoms. The van der Waals surface area contributed by atoms with Crippen molar-refractivity contribution < 1.29 is 23.5 Å². The number of aromatic nitrogens is 2. The molecule has 1 aromatic heterocycles. The number of hydrogen-bond donors (Lipinski definition) is 2. The number of ether oxygens (including phenoxy) is 1. The molecule has 1 aliphatic rings.